The van der Waals surface area contributed by atoms with Crippen LogP contribution in [0.15, 0.2) is 42.7 Å². The lowest BCUT2D eigenvalue weighted by atomic mass is 10.1. The first-order chi connectivity index (χ1) is 9.16. The fourth-order valence-electron chi connectivity index (χ4n) is 2.69. The molecule has 0 atom stereocenters. The van der Waals surface area contributed by atoms with Gasteiger partial charge in [-0.3, -0.25) is 4.98 Å². The van der Waals surface area contributed by atoms with Crippen LogP contribution < -0.4 is 0 Å². The second kappa shape index (κ2) is 5.68. The first-order valence-electron chi connectivity index (χ1n) is 6.62. The van der Waals surface area contributed by atoms with Crippen molar-refractivity contribution in [2.45, 2.75) is 27.3 Å². The average Bonchev–Trinajstić information content (AvgIpc) is 2.65. The van der Waals surface area contributed by atoms with Crippen molar-refractivity contribution in [1.82, 2.24) is 9.55 Å². The molecule has 3 rings (SSSR count). The maximum atomic E-state index is 4.27. The van der Waals surface area contributed by atoms with Crippen molar-refractivity contribution < 1.29 is 0 Å². The van der Waals surface area contributed by atoms with Gasteiger partial charge in [0.05, 0.1) is 11.7 Å². The topological polar surface area (TPSA) is 17.8 Å². The largest absolute Gasteiger partial charge is 0.339 e. The summed E-state index contributed by atoms with van der Waals surface area (Å²) < 4.78 is 2.35. The van der Waals surface area contributed by atoms with E-state index < -0.39 is 0 Å². The van der Waals surface area contributed by atoms with E-state index in [4.69, 9.17) is 0 Å². The molecule has 0 aliphatic heterocycles. The highest BCUT2D eigenvalue weighted by Crippen LogP contribution is 2.25. The van der Waals surface area contributed by atoms with Crippen LogP contribution in [0.4, 0.5) is 0 Å². The highest BCUT2D eigenvalue weighted by molar-refractivity contribution is 5.85. The molecule has 0 saturated carbocycles. The Morgan fingerprint density at radius 1 is 1.10 bits per heavy atom. The van der Waals surface area contributed by atoms with Crippen molar-refractivity contribution in [2.24, 2.45) is 0 Å². The van der Waals surface area contributed by atoms with Gasteiger partial charge in [-0.05, 0) is 38.0 Å². The number of aromatic nitrogens is 2. The third-order valence-corrected chi connectivity index (χ3v) is 3.87. The summed E-state index contributed by atoms with van der Waals surface area (Å²) in [6, 6.07) is 10.8. The molecule has 20 heavy (non-hydrogen) atoms. The lowest BCUT2D eigenvalue weighted by Crippen LogP contribution is -2.02. The minimum absolute atomic E-state index is 0. The van der Waals surface area contributed by atoms with Gasteiger partial charge in [-0.2, -0.15) is 0 Å². The second-order valence-corrected chi connectivity index (χ2v) is 5.18. The zero-order valence-electron chi connectivity index (χ0n) is 12.1. The molecule has 0 amide bonds. The van der Waals surface area contributed by atoms with E-state index in [9.17, 15) is 0 Å². The summed E-state index contributed by atoms with van der Waals surface area (Å²) >= 11 is 0. The fourth-order valence-corrected chi connectivity index (χ4v) is 2.69. The monoisotopic (exact) mass is 286 g/mol. The van der Waals surface area contributed by atoms with Crippen molar-refractivity contribution in [1.29, 1.82) is 0 Å². The molecule has 0 bridgehead atoms. The van der Waals surface area contributed by atoms with Gasteiger partial charge in [0.25, 0.3) is 0 Å². The van der Waals surface area contributed by atoms with E-state index in [1.807, 2.05) is 12.4 Å². The lowest BCUT2D eigenvalue weighted by Gasteiger charge is -2.09. The SMILES string of the molecule is Cc1cccc(Cn2c(C)c(C)c3ccncc32)c1.Cl. The van der Waals surface area contributed by atoms with E-state index in [0.29, 0.717) is 0 Å². The Morgan fingerprint density at radius 2 is 1.90 bits per heavy atom. The van der Waals surface area contributed by atoms with E-state index in [1.54, 1.807) is 0 Å². The molecule has 3 heteroatoms. The highest BCUT2D eigenvalue weighted by Gasteiger charge is 2.10. The minimum atomic E-state index is 0. The maximum absolute atomic E-state index is 4.27. The molecule has 0 unspecified atom stereocenters. The van der Waals surface area contributed by atoms with Crippen LogP contribution in [0.1, 0.15) is 22.4 Å². The van der Waals surface area contributed by atoms with Crippen LogP contribution in [0.5, 0.6) is 0 Å². The smallest absolute Gasteiger partial charge is 0.0674 e. The molecule has 104 valence electrons. The number of nitrogens with zero attached hydrogens (tertiary/aromatic N) is 2. The summed E-state index contributed by atoms with van der Waals surface area (Å²) in [6.45, 7) is 7.41. The number of pyridine rings is 1. The van der Waals surface area contributed by atoms with Gasteiger partial charge in [0.1, 0.15) is 0 Å². The van der Waals surface area contributed by atoms with Gasteiger partial charge in [0.2, 0.25) is 0 Å². The van der Waals surface area contributed by atoms with Crippen molar-refractivity contribution in [2.75, 3.05) is 0 Å². The molecule has 0 aliphatic rings. The van der Waals surface area contributed by atoms with E-state index >= 15 is 0 Å². The quantitative estimate of drug-likeness (QED) is 0.681. The summed E-state index contributed by atoms with van der Waals surface area (Å²) in [5.41, 5.74) is 6.54. The lowest BCUT2D eigenvalue weighted by molar-refractivity contribution is 0.798. The van der Waals surface area contributed by atoms with Gasteiger partial charge in [-0.1, -0.05) is 29.8 Å². The van der Waals surface area contributed by atoms with Gasteiger partial charge >= 0.3 is 0 Å². The summed E-state index contributed by atoms with van der Waals surface area (Å²) in [6.07, 6.45) is 3.83. The van der Waals surface area contributed by atoms with Gasteiger partial charge in [-0.15, -0.1) is 12.4 Å². The van der Waals surface area contributed by atoms with Crippen LogP contribution in [-0.2, 0) is 6.54 Å². The first-order valence-corrected chi connectivity index (χ1v) is 6.62. The number of rotatable bonds is 2. The molecular weight excluding hydrogens is 268 g/mol. The van der Waals surface area contributed by atoms with Crippen LogP contribution >= 0.6 is 12.4 Å². The molecule has 0 spiro atoms. The van der Waals surface area contributed by atoms with Gasteiger partial charge in [0, 0.05) is 23.8 Å². The molecule has 1 aromatic carbocycles. The Bertz CT molecular complexity index is 744. The molecule has 0 aliphatic carbocycles. The summed E-state index contributed by atoms with van der Waals surface area (Å²) in [5, 5.41) is 1.31. The number of hydrogen-bond donors (Lipinski definition) is 0. The van der Waals surface area contributed by atoms with Crippen LogP contribution in [0.25, 0.3) is 10.9 Å². The molecule has 0 fully saturated rings. The zero-order valence-corrected chi connectivity index (χ0v) is 12.9. The number of aryl methyl sites for hydroxylation is 2. The molecule has 0 radical (unpaired) electrons. The minimum Gasteiger partial charge on any atom is -0.339 e. The average molecular weight is 287 g/mol. The van der Waals surface area contributed by atoms with E-state index in [1.165, 1.54) is 33.3 Å². The number of hydrogen-bond acceptors (Lipinski definition) is 1. The Kier molecular flexibility index (Phi) is 4.15. The first kappa shape index (κ1) is 14.6. The fraction of sp³-hybridized carbons (Fsp3) is 0.235. The molecule has 2 nitrogen and oxygen atoms in total. The van der Waals surface area contributed by atoms with Crippen LogP contribution in [-0.4, -0.2) is 9.55 Å². The van der Waals surface area contributed by atoms with Crippen molar-refractivity contribution in [3.63, 3.8) is 0 Å². The normalized spacial score (nSPS) is 10.6. The molecule has 0 N–H and O–H groups in total. The molecule has 0 saturated heterocycles. The predicted molar refractivity (Wildman–Crippen MR) is 86.7 cm³/mol. The Morgan fingerprint density at radius 3 is 2.65 bits per heavy atom. The predicted octanol–water partition coefficient (Wildman–Crippen LogP) is 4.43. The Hall–Kier alpha value is -1.80. The van der Waals surface area contributed by atoms with Crippen molar-refractivity contribution in [3.05, 3.63) is 65.1 Å². The number of benzene rings is 1. The van der Waals surface area contributed by atoms with E-state index in [2.05, 4.69) is 60.7 Å². The van der Waals surface area contributed by atoms with Crippen LogP contribution in [0.2, 0.25) is 0 Å². The highest BCUT2D eigenvalue weighted by atomic mass is 35.5. The molecule has 3 aromatic rings. The third kappa shape index (κ3) is 2.44. The maximum Gasteiger partial charge on any atom is 0.0674 e. The third-order valence-electron chi connectivity index (χ3n) is 3.87. The van der Waals surface area contributed by atoms with Crippen LogP contribution in [0, 0.1) is 20.8 Å². The zero-order chi connectivity index (χ0) is 13.4. The summed E-state index contributed by atoms with van der Waals surface area (Å²) in [5.74, 6) is 0. The second-order valence-electron chi connectivity index (χ2n) is 5.18. The van der Waals surface area contributed by atoms with Gasteiger partial charge in [0.15, 0.2) is 0 Å². The number of halogens is 1. The number of fused-ring (bicyclic) bond motifs is 1. The molecule has 2 heterocycles. The molecular formula is C17H19ClN2. The summed E-state index contributed by atoms with van der Waals surface area (Å²) in [7, 11) is 0. The van der Waals surface area contributed by atoms with Gasteiger partial charge in [-0.25, -0.2) is 0 Å². The van der Waals surface area contributed by atoms with Crippen molar-refractivity contribution >= 4 is 23.3 Å². The summed E-state index contributed by atoms with van der Waals surface area (Å²) in [4.78, 5) is 4.27. The Labute approximate surface area is 125 Å². The van der Waals surface area contributed by atoms with Gasteiger partial charge < -0.3 is 4.57 Å². The Balaban J connectivity index is 0.00000147. The van der Waals surface area contributed by atoms with E-state index in [-0.39, 0.29) is 12.4 Å². The standard InChI is InChI=1S/C17H18N2.ClH/c1-12-5-4-6-15(9-12)11-19-14(3)13(2)16-7-8-18-10-17(16)19;/h4-10H,11H2,1-3H3;1H. The van der Waals surface area contributed by atoms with Crippen molar-refractivity contribution in [3.8, 4) is 0 Å². The van der Waals surface area contributed by atoms with Crippen LogP contribution in [0.3, 0.4) is 0 Å². The van der Waals surface area contributed by atoms with E-state index in [0.717, 1.165) is 6.54 Å². The molecule has 2 aromatic heterocycles.